The largest absolute Gasteiger partial charge is 0.459 e. The molecule has 0 unspecified atom stereocenters. The van der Waals surface area contributed by atoms with Crippen LogP contribution in [-0.2, 0) is 20.9 Å². The van der Waals surface area contributed by atoms with Crippen molar-refractivity contribution in [2.45, 2.75) is 13.5 Å². The predicted molar refractivity (Wildman–Crippen MR) is 52.7 cm³/mol. The highest BCUT2D eigenvalue weighted by Crippen LogP contribution is 1.94. The van der Waals surface area contributed by atoms with Crippen LogP contribution in [0.1, 0.15) is 12.5 Å². The summed E-state index contributed by atoms with van der Waals surface area (Å²) in [5.74, 6) is -1.60. The maximum absolute atomic E-state index is 11.1. The Labute approximate surface area is 87.5 Å². The van der Waals surface area contributed by atoms with Gasteiger partial charge in [-0.05, 0) is 18.6 Å². The van der Waals surface area contributed by atoms with E-state index in [1.165, 1.54) is 0 Å². The van der Waals surface area contributed by atoms with Crippen LogP contribution in [0, 0.1) is 0 Å². The van der Waals surface area contributed by atoms with Gasteiger partial charge in [0.2, 0.25) is 0 Å². The lowest BCUT2D eigenvalue weighted by Gasteiger charge is -2.03. The van der Waals surface area contributed by atoms with E-state index >= 15 is 0 Å². The third kappa shape index (κ3) is 3.76. The van der Waals surface area contributed by atoms with Gasteiger partial charge in [-0.3, -0.25) is 9.78 Å². The van der Waals surface area contributed by atoms with E-state index in [0.717, 1.165) is 5.56 Å². The lowest BCUT2D eigenvalue weighted by molar-refractivity contribution is -0.154. The maximum Gasteiger partial charge on any atom is 0.396 e. The molecule has 80 valence electrons. The Morgan fingerprint density at radius 1 is 1.53 bits per heavy atom. The van der Waals surface area contributed by atoms with Gasteiger partial charge in [0.05, 0.1) is 6.61 Å². The number of esters is 1. The Morgan fingerprint density at radius 3 is 2.93 bits per heavy atom. The number of carbonyl (C=O) groups excluding carboxylic acids is 2. The van der Waals surface area contributed by atoms with Crippen LogP contribution in [0.25, 0.3) is 0 Å². The zero-order chi connectivity index (χ0) is 11.1. The molecule has 15 heavy (non-hydrogen) atoms. The Balaban J connectivity index is 2.38. The van der Waals surface area contributed by atoms with E-state index in [2.05, 4.69) is 15.0 Å². The molecule has 0 aromatic carbocycles. The first-order valence-corrected chi connectivity index (χ1v) is 4.58. The van der Waals surface area contributed by atoms with Crippen LogP contribution in [0.15, 0.2) is 24.5 Å². The molecule has 0 saturated heterocycles. The summed E-state index contributed by atoms with van der Waals surface area (Å²) in [7, 11) is 0. The van der Waals surface area contributed by atoms with Crippen molar-refractivity contribution >= 4 is 11.9 Å². The van der Waals surface area contributed by atoms with Crippen molar-refractivity contribution in [2.24, 2.45) is 0 Å². The van der Waals surface area contributed by atoms with Crippen molar-refractivity contribution in [1.29, 1.82) is 0 Å². The minimum absolute atomic E-state index is 0.194. The van der Waals surface area contributed by atoms with Gasteiger partial charge in [-0.25, -0.2) is 4.79 Å². The minimum Gasteiger partial charge on any atom is -0.459 e. The van der Waals surface area contributed by atoms with Crippen molar-refractivity contribution < 1.29 is 14.3 Å². The van der Waals surface area contributed by atoms with Crippen LogP contribution >= 0.6 is 0 Å². The summed E-state index contributed by atoms with van der Waals surface area (Å²) in [6.45, 7) is 2.11. The fourth-order valence-electron chi connectivity index (χ4n) is 0.954. The normalized spacial score (nSPS) is 9.40. The summed E-state index contributed by atoms with van der Waals surface area (Å²) in [5.41, 5.74) is 0.829. The van der Waals surface area contributed by atoms with E-state index in [9.17, 15) is 9.59 Å². The molecule has 1 heterocycles. The second kappa shape index (κ2) is 5.74. The summed E-state index contributed by atoms with van der Waals surface area (Å²) in [6.07, 6.45) is 3.25. The summed E-state index contributed by atoms with van der Waals surface area (Å²) in [6, 6.07) is 3.56. The minimum atomic E-state index is -0.860. The number of hydrogen-bond acceptors (Lipinski definition) is 4. The summed E-state index contributed by atoms with van der Waals surface area (Å²) >= 11 is 0. The molecule has 1 rings (SSSR count). The first kappa shape index (κ1) is 11.2. The van der Waals surface area contributed by atoms with E-state index in [1.54, 1.807) is 31.5 Å². The van der Waals surface area contributed by atoms with Gasteiger partial charge in [0.25, 0.3) is 0 Å². The molecule has 5 nitrogen and oxygen atoms in total. The highest BCUT2D eigenvalue weighted by Gasteiger charge is 2.13. The Bertz CT molecular complexity index is 338. The molecule has 0 saturated carbocycles. The van der Waals surface area contributed by atoms with Gasteiger partial charge < -0.3 is 10.1 Å². The number of amides is 1. The van der Waals surface area contributed by atoms with Crippen LogP contribution in [0.4, 0.5) is 0 Å². The monoisotopic (exact) mass is 208 g/mol. The number of aromatic nitrogens is 1. The van der Waals surface area contributed by atoms with Gasteiger partial charge in [-0.2, -0.15) is 0 Å². The molecule has 0 radical (unpaired) electrons. The number of hydrogen-bond donors (Lipinski definition) is 1. The molecule has 1 aromatic rings. The number of pyridine rings is 1. The standard InChI is InChI=1S/C10H12N2O3/c1-2-15-10(14)9(13)12-7-8-4-3-5-11-6-8/h3-6H,2,7H2,1H3,(H,12,13). The van der Waals surface area contributed by atoms with Gasteiger partial charge in [-0.15, -0.1) is 0 Å². The highest BCUT2D eigenvalue weighted by atomic mass is 16.5. The smallest absolute Gasteiger partial charge is 0.396 e. The van der Waals surface area contributed by atoms with Crippen LogP contribution in [0.5, 0.6) is 0 Å². The number of nitrogens with zero attached hydrogens (tertiary/aromatic N) is 1. The topological polar surface area (TPSA) is 68.3 Å². The molecule has 1 N–H and O–H groups in total. The fraction of sp³-hybridized carbons (Fsp3) is 0.300. The average molecular weight is 208 g/mol. The summed E-state index contributed by atoms with van der Waals surface area (Å²) in [5, 5.41) is 2.43. The molecule has 0 fully saturated rings. The molecule has 1 amide bonds. The zero-order valence-electron chi connectivity index (χ0n) is 8.40. The van der Waals surface area contributed by atoms with Crippen molar-refractivity contribution in [3.63, 3.8) is 0 Å². The lowest BCUT2D eigenvalue weighted by atomic mass is 10.3. The third-order valence-corrected chi connectivity index (χ3v) is 1.64. The van der Waals surface area contributed by atoms with Gasteiger partial charge in [-0.1, -0.05) is 6.07 Å². The van der Waals surface area contributed by atoms with Crippen molar-refractivity contribution in [3.05, 3.63) is 30.1 Å². The Kier molecular flexibility index (Phi) is 4.28. The van der Waals surface area contributed by atoms with E-state index in [0.29, 0.717) is 0 Å². The van der Waals surface area contributed by atoms with Crippen LogP contribution in [0.3, 0.4) is 0 Å². The molecule has 0 bridgehead atoms. The van der Waals surface area contributed by atoms with E-state index in [4.69, 9.17) is 0 Å². The van der Waals surface area contributed by atoms with Gasteiger partial charge in [0.1, 0.15) is 0 Å². The lowest BCUT2D eigenvalue weighted by Crippen LogP contribution is -2.32. The van der Waals surface area contributed by atoms with Crippen LogP contribution < -0.4 is 5.32 Å². The molecular weight excluding hydrogens is 196 g/mol. The van der Waals surface area contributed by atoms with Gasteiger partial charge in [0.15, 0.2) is 0 Å². The van der Waals surface area contributed by atoms with Crippen molar-refractivity contribution in [1.82, 2.24) is 10.3 Å². The number of nitrogens with one attached hydrogen (secondary N) is 1. The van der Waals surface area contributed by atoms with Crippen molar-refractivity contribution in [2.75, 3.05) is 6.61 Å². The molecule has 0 atom stereocenters. The summed E-state index contributed by atoms with van der Waals surface area (Å²) in [4.78, 5) is 25.9. The second-order valence-corrected chi connectivity index (χ2v) is 2.76. The SMILES string of the molecule is CCOC(=O)C(=O)NCc1cccnc1. The molecule has 1 aromatic heterocycles. The highest BCUT2D eigenvalue weighted by molar-refractivity contribution is 6.32. The van der Waals surface area contributed by atoms with Gasteiger partial charge in [0, 0.05) is 18.9 Å². The molecule has 0 aliphatic carbocycles. The second-order valence-electron chi connectivity index (χ2n) is 2.76. The molecular formula is C10H12N2O3. The number of carbonyl (C=O) groups is 2. The quantitative estimate of drug-likeness (QED) is 0.571. The third-order valence-electron chi connectivity index (χ3n) is 1.64. The molecule has 0 aliphatic rings. The predicted octanol–water partition coefficient (Wildman–Crippen LogP) is 0.261. The van der Waals surface area contributed by atoms with Crippen LogP contribution in [-0.4, -0.2) is 23.5 Å². The van der Waals surface area contributed by atoms with Crippen LogP contribution in [0.2, 0.25) is 0 Å². The van der Waals surface area contributed by atoms with E-state index < -0.39 is 11.9 Å². The number of rotatable bonds is 3. The fourth-order valence-corrected chi connectivity index (χ4v) is 0.954. The number of ether oxygens (including phenoxy) is 1. The van der Waals surface area contributed by atoms with Gasteiger partial charge >= 0.3 is 11.9 Å². The molecule has 0 spiro atoms. The Hall–Kier alpha value is -1.91. The zero-order valence-corrected chi connectivity index (χ0v) is 8.40. The maximum atomic E-state index is 11.1. The molecule has 5 heteroatoms. The average Bonchev–Trinajstić information content (AvgIpc) is 2.27. The first-order valence-electron chi connectivity index (χ1n) is 4.58. The first-order chi connectivity index (χ1) is 7.24. The molecule has 0 aliphatic heterocycles. The van der Waals surface area contributed by atoms with E-state index in [-0.39, 0.29) is 13.2 Å². The Morgan fingerprint density at radius 2 is 2.33 bits per heavy atom. The summed E-state index contributed by atoms with van der Waals surface area (Å²) < 4.78 is 4.53. The van der Waals surface area contributed by atoms with E-state index in [1.807, 2.05) is 0 Å². The van der Waals surface area contributed by atoms with Crippen molar-refractivity contribution in [3.8, 4) is 0 Å².